The Morgan fingerprint density at radius 2 is 2.38 bits per heavy atom. The van der Waals surface area contributed by atoms with E-state index in [1.807, 2.05) is 25.1 Å². The van der Waals surface area contributed by atoms with E-state index in [4.69, 9.17) is 4.74 Å². The van der Waals surface area contributed by atoms with Gasteiger partial charge in [-0.25, -0.2) is 4.98 Å². The van der Waals surface area contributed by atoms with Gasteiger partial charge in [0, 0.05) is 36.3 Å². The van der Waals surface area contributed by atoms with Crippen molar-refractivity contribution in [2.45, 2.75) is 13.5 Å². The minimum atomic E-state index is 0.354. The van der Waals surface area contributed by atoms with Crippen molar-refractivity contribution in [1.82, 2.24) is 9.97 Å². The second-order valence-electron chi connectivity index (χ2n) is 4.35. The highest BCUT2D eigenvalue weighted by atomic mass is 16.5. The van der Waals surface area contributed by atoms with Crippen LogP contribution >= 0.6 is 0 Å². The molecule has 2 aromatic heterocycles. The third-order valence-electron chi connectivity index (χ3n) is 2.71. The first-order chi connectivity index (χ1) is 10.2. The van der Waals surface area contributed by atoms with Crippen LogP contribution in [0.25, 0.3) is 0 Å². The molecule has 0 aliphatic carbocycles. The highest BCUT2D eigenvalue weighted by Crippen LogP contribution is 2.19. The smallest absolute Gasteiger partial charge is 0.164 e. The second kappa shape index (κ2) is 7.12. The monoisotopic (exact) mass is 281 g/mol. The molecule has 106 valence electrons. The Labute approximate surface area is 123 Å². The van der Waals surface area contributed by atoms with E-state index in [2.05, 4.69) is 26.6 Å². The van der Waals surface area contributed by atoms with Gasteiger partial charge in [-0.05, 0) is 19.1 Å². The van der Waals surface area contributed by atoms with Crippen LogP contribution in [0, 0.1) is 18.3 Å². The van der Waals surface area contributed by atoms with Gasteiger partial charge < -0.3 is 4.74 Å². The lowest BCUT2D eigenvalue weighted by molar-refractivity contribution is 0.184. The number of ether oxygens (including phenoxy) is 1. The standard InChI is InChI=1S/C15H15N5O/c1-11-6-13(10-21-2)14(7-16)15(19-11)20-18-9-12-4-3-5-17-8-12/h3-6,8-9H,10H2,1-2H3,(H,19,20)/b18-9+. The first kappa shape index (κ1) is 14.6. The van der Waals surface area contributed by atoms with Crippen molar-refractivity contribution in [2.75, 3.05) is 12.5 Å². The molecule has 2 rings (SSSR count). The number of hydrogen-bond acceptors (Lipinski definition) is 6. The maximum Gasteiger partial charge on any atom is 0.164 e. The molecule has 0 saturated carbocycles. The molecule has 0 amide bonds. The number of rotatable bonds is 5. The highest BCUT2D eigenvalue weighted by molar-refractivity contribution is 5.79. The molecule has 0 saturated heterocycles. The number of nitrogens with zero attached hydrogens (tertiary/aromatic N) is 4. The number of pyridine rings is 2. The molecule has 6 nitrogen and oxygen atoms in total. The van der Waals surface area contributed by atoms with Crippen molar-refractivity contribution in [2.24, 2.45) is 5.10 Å². The highest BCUT2D eigenvalue weighted by Gasteiger charge is 2.10. The molecule has 0 unspecified atom stereocenters. The summed E-state index contributed by atoms with van der Waals surface area (Å²) < 4.78 is 5.10. The predicted octanol–water partition coefficient (Wildman–Crippen LogP) is 2.25. The summed E-state index contributed by atoms with van der Waals surface area (Å²) in [5, 5.41) is 13.4. The molecule has 0 atom stereocenters. The van der Waals surface area contributed by atoms with E-state index in [0.29, 0.717) is 18.0 Å². The van der Waals surface area contributed by atoms with E-state index in [1.54, 1.807) is 25.7 Å². The molecule has 21 heavy (non-hydrogen) atoms. The Morgan fingerprint density at radius 3 is 3.05 bits per heavy atom. The number of aryl methyl sites for hydroxylation is 1. The summed E-state index contributed by atoms with van der Waals surface area (Å²) in [4.78, 5) is 8.29. The zero-order valence-electron chi connectivity index (χ0n) is 11.9. The van der Waals surface area contributed by atoms with E-state index in [9.17, 15) is 5.26 Å². The van der Waals surface area contributed by atoms with Crippen molar-refractivity contribution in [3.05, 3.63) is 53.0 Å². The largest absolute Gasteiger partial charge is 0.380 e. The molecule has 0 fully saturated rings. The number of methoxy groups -OCH3 is 1. The summed E-state index contributed by atoms with van der Waals surface area (Å²) in [6.45, 7) is 2.21. The lowest BCUT2D eigenvalue weighted by Crippen LogP contribution is -2.03. The fraction of sp³-hybridized carbons (Fsp3) is 0.200. The summed E-state index contributed by atoms with van der Waals surface area (Å²) in [5.41, 5.74) is 5.67. The summed E-state index contributed by atoms with van der Waals surface area (Å²) in [7, 11) is 1.59. The minimum Gasteiger partial charge on any atom is -0.380 e. The van der Waals surface area contributed by atoms with Gasteiger partial charge in [0.1, 0.15) is 11.6 Å². The van der Waals surface area contributed by atoms with Crippen LogP contribution in [0.15, 0.2) is 35.7 Å². The molecule has 0 spiro atoms. The van der Waals surface area contributed by atoms with Gasteiger partial charge in [-0.15, -0.1) is 0 Å². The average molecular weight is 281 g/mol. The summed E-state index contributed by atoms with van der Waals surface area (Å²) in [6, 6.07) is 7.67. The van der Waals surface area contributed by atoms with Crippen LogP contribution in [-0.2, 0) is 11.3 Å². The lowest BCUT2D eigenvalue weighted by atomic mass is 10.1. The third-order valence-corrected chi connectivity index (χ3v) is 2.71. The maximum absolute atomic E-state index is 9.29. The van der Waals surface area contributed by atoms with E-state index in [-0.39, 0.29) is 0 Å². The lowest BCUT2D eigenvalue weighted by Gasteiger charge is -2.09. The molecule has 1 N–H and O–H groups in total. The summed E-state index contributed by atoms with van der Waals surface area (Å²) in [6.07, 6.45) is 5.00. The van der Waals surface area contributed by atoms with Crippen molar-refractivity contribution in [1.29, 1.82) is 5.26 Å². The first-order valence-corrected chi connectivity index (χ1v) is 6.33. The normalized spacial score (nSPS) is 10.5. The van der Waals surface area contributed by atoms with Crippen molar-refractivity contribution >= 4 is 12.0 Å². The molecule has 2 aromatic rings. The van der Waals surface area contributed by atoms with Crippen LogP contribution in [0.5, 0.6) is 0 Å². The van der Waals surface area contributed by atoms with Gasteiger partial charge in [-0.3, -0.25) is 10.4 Å². The van der Waals surface area contributed by atoms with Gasteiger partial charge in [-0.2, -0.15) is 10.4 Å². The molecule has 0 aromatic carbocycles. The van der Waals surface area contributed by atoms with E-state index in [0.717, 1.165) is 16.8 Å². The quantitative estimate of drug-likeness (QED) is 0.671. The van der Waals surface area contributed by atoms with E-state index < -0.39 is 0 Å². The SMILES string of the molecule is COCc1cc(C)nc(N/N=C/c2cccnc2)c1C#N. The van der Waals surface area contributed by atoms with Gasteiger partial charge in [0.15, 0.2) is 5.82 Å². The molecule has 0 bridgehead atoms. The van der Waals surface area contributed by atoms with Crippen LogP contribution in [0.1, 0.15) is 22.4 Å². The number of aromatic nitrogens is 2. The zero-order chi connectivity index (χ0) is 15.1. The molecule has 0 aliphatic rings. The fourth-order valence-electron chi connectivity index (χ4n) is 1.84. The van der Waals surface area contributed by atoms with E-state index >= 15 is 0 Å². The minimum absolute atomic E-state index is 0.354. The van der Waals surface area contributed by atoms with Crippen LogP contribution in [-0.4, -0.2) is 23.3 Å². The molecular formula is C15H15N5O. The van der Waals surface area contributed by atoms with Crippen LogP contribution in [0.3, 0.4) is 0 Å². The second-order valence-corrected chi connectivity index (χ2v) is 4.35. The molecule has 0 aliphatic heterocycles. The predicted molar refractivity (Wildman–Crippen MR) is 79.9 cm³/mol. The van der Waals surface area contributed by atoms with Crippen LogP contribution in [0.4, 0.5) is 5.82 Å². The van der Waals surface area contributed by atoms with Gasteiger partial charge in [0.05, 0.1) is 12.8 Å². The average Bonchev–Trinajstić information content (AvgIpc) is 2.48. The van der Waals surface area contributed by atoms with Gasteiger partial charge in [0.2, 0.25) is 0 Å². The number of hydrogen-bond donors (Lipinski definition) is 1. The fourth-order valence-corrected chi connectivity index (χ4v) is 1.84. The van der Waals surface area contributed by atoms with Gasteiger partial charge in [0.25, 0.3) is 0 Å². The number of anilines is 1. The summed E-state index contributed by atoms with van der Waals surface area (Å²) in [5.74, 6) is 0.421. The molecule has 6 heteroatoms. The number of nitriles is 1. The van der Waals surface area contributed by atoms with Crippen molar-refractivity contribution in [3.8, 4) is 6.07 Å². The number of nitrogens with one attached hydrogen (secondary N) is 1. The Hall–Kier alpha value is -2.78. The third kappa shape index (κ3) is 3.84. The Kier molecular flexibility index (Phi) is 4.96. The zero-order valence-corrected chi connectivity index (χ0v) is 11.9. The Morgan fingerprint density at radius 1 is 1.52 bits per heavy atom. The first-order valence-electron chi connectivity index (χ1n) is 6.33. The number of hydrazone groups is 1. The topological polar surface area (TPSA) is 83.2 Å². The van der Waals surface area contributed by atoms with Crippen molar-refractivity contribution in [3.63, 3.8) is 0 Å². The van der Waals surface area contributed by atoms with Gasteiger partial charge >= 0.3 is 0 Å². The van der Waals surface area contributed by atoms with E-state index in [1.165, 1.54) is 0 Å². The van der Waals surface area contributed by atoms with Crippen LogP contribution in [0.2, 0.25) is 0 Å². The molecule has 2 heterocycles. The molecular weight excluding hydrogens is 266 g/mol. The van der Waals surface area contributed by atoms with Crippen LogP contribution < -0.4 is 5.43 Å². The van der Waals surface area contributed by atoms with Crippen molar-refractivity contribution < 1.29 is 4.74 Å². The Balaban J connectivity index is 2.23. The maximum atomic E-state index is 9.29. The van der Waals surface area contributed by atoms with Gasteiger partial charge in [-0.1, -0.05) is 6.07 Å². The molecule has 0 radical (unpaired) electrons. The summed E-state index contributed by atoms with van der Waals surface area (Å²) >= 11 is 0. The Bertz CT molecular complexity index is 676.